The van der Waals surface area contributed by atoms with Crippen LogP contribution in [0.25, 0.3) is 5.65 Å². The van der Waals surface area contributed by atoms with E-state index < -0.39 is 0 Å². The minimum Gasteiger partial charge on any atom is -0.462 e. The Balaban J connectivity index is 2.45. The van der Waals surface area contributed by atoms with E-state index in [1.165, 1.54) is 0 Å². The van der Waals surface area contributed by atoms with Gasteiger partial charge in [-0.2, -0.15) is 0 Å². The lowest BCUT2D eigenvalue weighted by molar-refractivity contribution is 0.0526. The maximum Gasteiger partial charge on any atom is 0.339 e. The zero-order chi connectivity index (χ0) is 10.8. The molecule has 5 heteroatoms. The maximum absolute atomic E-state index is 11.5. The predicted molar refractivity (Wildman–Crippen MR) is 58.8 cm³/mol. The quantitative estimate of drug-likeness (QED) is 0.785. The number of imidazole rings is 1. The van der Waals surface area contributed by atoms with Crippen LogP contribution in [0, 0.1) is 0 Å². The van der Waals surface area contributed by atoms with Crippen molar-refractivity contribution in [3.8, 4) is 0 Å². The second-order valence-corrected chi connectivity index (χ2v) is 3.76. The summed E-state index contributed by atoms with van der Waals surface area (Å²) in [7, 11) is 0. The molecule has 2 rings (SSSR count). The van der Waals surface area contributed by atoms with Crippen LogP contribution in [0.2, 0.25) is 0 Å². The van der Waals surface area contributed by atoms with Gasteiger partial charge in [-0.3, -0.25) is 4.40 Å². The van der Waals surface area contributed by atoms with Crippen molar-refractivity contribution in [2.45, 2.75) is 6.92 Å². The number of rotatable bonds is 2. The minimum atomic E-state index is -0.319. The SMILES string of the molecule is CCOC(=O)c1ccc2ncc(Br)n2c1. The molecule has 0 bridgehead atoms. The average Bonchev–Trinajstić information content (AvgIpc) is 2.60. The van der Waals surface area contributed by atoms with Crippen LogP contribution in [0.15, 0.2) is 29.1 Å². The Hall–Kier alpha value is -1.36. The summed E-state index contributed by atoms with van der Waals surface area (Å²) in [5, 5.41) is 0. The highest BCUT2D eigenvalue weighted by molar-refractivity contribution is 9.10. The molecule has 0 saturated carbocycles. The van der Waals surface area contributed by atoms with Crippen LogP contribution in [-0.4, -0.2) is 22.0 Å². The lowest BCUT2D eigenvalue weighted by Gasteiger charge is -2.02. The summed E-state index contributed by atoms with van der Waals surface area (Å²) in [4.78, 5) is 15.6. The number of hydrogen-bond donors (Lipinski definition) is 0. The third kappa shape index (κ3) is 1.87. The third-order valence-corrected chi connectivity index (χ3v) is 2.56. The van der Waals surface area contributed by atoms with Crippen LogP contribution >= 0.6 is 15.9 Å². The number of fused-ring (bicyclic) bond motifs is 1. The molecule has 0 saturated heterocycles. The van der Waals surface area contributed by atoms with Crippen molar-refractivity contribution in [2.75, 3.05) is 6.61 Å². The summed E-state index contributed by atoms with van der Waals surface area (Å²) in [6.07, 6.45) is 3.38. The van der Waals surface area contributed by atoms with E-state index in [0.717, 1.165) is 10.3 Å². The van der Waals surface area contributed by atoms with Gasteiger partial charge in [-0.25, -0.2) is 9.78 Å². The fraction of sp³-hybridized carbons (Fsp3) is 0.200. The van der Waals surface area contributed by atoms with E-state index in [9.17, 15) is 4.79 Å². The minimum absolute atomic E-state index is 0.319. The average molecular weight is 269 g/mol. The molecule has 0 spiro atoms. The molecule has 0 aliphatic carbocycles. The predicted octanol–water partition coefficient (Wildman–Crippen LogP) is 2.27. The Labute approximate surface area is 95.0 Å². The van der Waals surface area contributed by atoms with Crippen molar-refractivity contribution in [1.82, 2.24) is 9.38 Å². The van der Waals surface area contributed by atoms with E-state index in [1.54, 1.807) is 35.9 Å². The van der Waals surface area contributed by atoms with Crippen LogP contribution in [0.1, 0.15) is 17.3 Å². The third-order valence-electron chi connectivity index (χ3n) is 1.97. The molecule has 0 fully saturated rings. The van der Waals surface area contributed by atoms with Crippen LogP contribution in [0.5, 0.6) is 0 Å². The second-order valence-electron chi connectivity index (χ2n) is 2.95. The molecule has 2 aromatic heterocycles. The van der Waals surface area contributed by atoms with E-state index >= 15 is 0 Å². The Morgan fingerprint density at radius 2 is 2.40 bits per heavy atom. The second kappa shape index (κ2) is 4.02. The molecule has 0 atom stereocenters. The van der Waals surface area contributed by atoms with Crippen molar-refractivity contribution in [3.05, 3.63) is 34.7 Å². The van der Waals surface area contributed by atoms with E-state index in [2.05, 4.69) is 20.9 Å². The van der Waals surface area contributed by atoms with Crippen molar-refractivity contribution >= 4 is 27.5 Å². The van der Waals surface area contributed by atoms with Gasteiger partial charge in [-0.05, 0) is 35.0 Å². The van der Waals surface area contributed by atoms with Crippen LogP contribution in [-0.2, 0) is 4.74 Å². The normalized spacial score (nSPS) is 10.5. The number of nitrogens with zero attached hydrogens (tertiary/aromatic N) is 2. The van der Waals surface area contributed by atoms with Crippen LogP contribution in [0.3, 0.4) is 0 Å². The molecule has 0 N–H and O–H groups in total. The highest BCUT2D eigenvalue weighted by Crippen LogP contribution is 2.14. The van der Waals surface area contributed by atoms with Gasteiger partial charge in [0.1, 0.15) is 10.3 Å². The summed E-state index contributed by atoms with van der Waals surface area (Å²) in [5.74, 6) is -0.319. The van der Waals surface area contributed by atoms with Crippen molar-refractivity contribution in [2.24, 2.45) is 0 Å². The Morgan fingerprint density at radius 1 is 1.60 bits per heavy atom. The molecule has 0 radical (unpaired) electrons. The fourth-order valence-electron chi connectivity index (χ4n) is 1.29. The van der Waals surface area contributed by atoms with Gasteiger partial charge in [-0.15, -0.1) is 0 Å². The molecule has 0 amide bonds. The van der Waals surface area contributed by atoms with Crippen LogP contribution < -0.4 is 0 Å². The summed E-state index contributed by atoms with van der Waals surface area (Å²) in [6, 6.07) is 3.48. The number of ether oxygens (including phenoxy) is 1. The molecule has 2 aromatic rings. The van der Waals surface area contributed by atoms with Crippen LogP contribution in [0.4, 0.5) is 0 Å². The van der Waals surface area contributed by atoms with Crippen molar-refractivity contribution < 1.29 is 9.53 Å². The van der Waals surface area contributed by atoms with Gasteiger partial charge in [0.05, 0.1) is 18.4 Å². The molecule has 4 nitrogen and oxygen atoms in total. The number of hydrogen-bond acceptors (Lipinski definition) is 3. The summed E-state index contributed by atoms with van der Waals surface area (Å²) in [6.45, 7) is 2.16. The van der Waals surface area contributed by atoms with E-state index in [4.69, 9.17) is 4.74 Å². The Morgan fingerprint density at radius 3 is 3.13 bits per heavy atom. The van der Waals surface area contributed by atoms with Gasteiger partial charge in [0.25, 0.3) is 0 Å². The number of pyridine rings is 1. The molecule has 2 heterocycles. The zero-order valence-electron chi connectivity index (χ0n) is 8.11. The van der Waals surface area contributed by atoms with Gasteiger partial charge in [0.15, 0.2) is 0 Å². The van der Waals surface area contributed by atoms with Crippen molar-refractivity contribution in [3.63, 3.8) is 0 Å². The van der Waals surface area contributed by atoms with E-state index in [-0.39, 0.29) is 5.97 Å². The monoisotopic (exact) mass is 268 g/mol. The molecule has 0 aromatic carbocycles. The maximum atomic E-state index is 11.5. The number of halogens is 1. The number of carbonyl (C=O) groups is 1. The Bertz CT molecular complexity index is 507. The first-order valence-electron chi connectivity index (χ1n) is 4.52. The molecular formula is C10H9BrN2O2. The summed E-state index contributed by atoms with van der Waals surface area (Å²) in [5.41, 5.74) is 1.30. The molecule has 78 valence electrons. The van der Waals surface area contributed by atoms with Gasteiger partial charge in [-0.1, -0.05) is 0 Å². The van der Waals surface area contributed by atoms with Gasteiger partial charge in [0, 0.05) is 6.20 Å². The molecule has 0 unspecified atom stereocenters. The lowest BCUT2D eigenvalue weighted by atomic mass is 10.3. The first-order valence-corrected chi connectivity index (χ1v) is 5.31. The Kier molecular flexibility index (Phi) is 2.73. The topological polar surface area (TPSA) is 43.6 Å². The largest absolute Gasteiger partial charge is 0.462 e. The standard InChI is InChI=1S/C10H9BrN2O2/c1-2-15-10(14)7-3-4-9-12-5-8(11)13(9)6-7/h3-6H,2H2,1H3. The zero-order valence-corrected chi connectivity index (χ0v) is 9.69. The first kappa shape index (κ1) is 10.2. The highest BCUT2D eigenvalue weighted by atomic mass is 79.9. The lowest BCUT2D eigenvalue weighted by Crippen LogP contribution is -2.05. The van der Waals surface area contributed by atoms with Gasteiger partial charge in [0.2, 0.25) is 0 Å². The first-order chi connectivity index (χ1) is 7.22. The van der Waals surface area contributed by atoms with Gasteiger partial charge >= 0.3 is 5.97 Å². The number of carbonyl (C=O) groups excluding carboxylic acids is 1. The van der Waals surface area contributed by atoms with E-state index in [1.807, 2.05) is 0 Å². The number of aromatic nitrogens is 2. The summed E-state index contributed by atoms with van der Waals surface area (Å²) >= 11 is 3.34. The van der Waals surface area contributed by atoms with E-state index in [0.29, 0.717) is 12.2 Å². The van der Waals surface area contributed by atoms with Crippen molar-refractivity contribution in [1.29, 1.82) is 0 Å². The van der Waals surface area contributed by atoms with Gasteiger partial charge < -0.3 is 4.74 Å². The molecular weight excluding hydrogens is 260 g/mol. The summed E-state index contributed by atoms with van der Waals surface area (Å²) < 4.78 is 7.50. The smallest absolute Gasteiger partial charge is 0.339 e. The fourth-order valence-corrected chi connectivity index (χ4v) is 1.67. The molecule has 0 aliphatic rings. The number of esters is 1. The molecule has 15 heavy (non-hydrogen) atoms. The highest BCUT2D eigenvalue weighted by Gasteiger charge is 2.08. The molecule has 0 aliphatic heterocycles.